The number of ether oxygens (including phenoxy) is 1. The third kappa shape index (κ3) is 2.17. The minimum absolute atomic E-state index is 0.0160. The van der Waals surface area contributed by atoms with E-state index in [-0.39, 0.29) is 18.2 Å². The predicted molar refractivity (Wildman–Crippen MR) is 44.9 cm³/mol. The van der Waals surface area contributed by atoms with Crippen molar-refractivity contribution in [2.24, 2.45) is 5.73 Å². The van der Waals surface area contributed by atoms with Crippen LogP contribution in [0.15, 0.2) is 12.4 Å². The number of nitrogens with zero attached hydrogens (tertiary/aromatic N) is 2. The van der Waals surface area contributed by atoms with Crippen molar-refractivity contribution in [3.05, 3.63) is 18.1 Å². The van der Waals surface area contributed by atoms with E-state index in [1.807, 2.05) is 0 Å². The van der Waals surface area contributed by atoms with Crippen LogP contribution in [0.4, 0.5) is 0 Å². The monoisotopic (exact) mass is 177 g/mol. The minimum Gasteiger partial charge on any atom is -0.463 e. The largest absolute Gasteiger partial charge is 0.463 e. The van der Waals surface area contributed by atoms with E-state index in [1.165, 1.54) is 12.4 Å². The second kappa shape index (κ2) is 4.07. The van der Waals surface area contributed by atoms with Gasteiger partial charge in [0.2, 0.25) is 5.88 Å². The van der Waals surface area contributed by atoms with Crippen LogP contribution < -0.4 is 10.5 Å². The molecule has 1 aromatic rings. The Morgan fingerprint density at radius 1 is 1.62 bits per heavy atom. The van der Waals surface area contributed by atoms with Crippen molar-refractivity contribution in [1.82, 2.24) is 9.97 Å². The predicted octanol–water partition coefficient (Wildman–Crippen LogP) is -0.413. The van der Waals surface area contributed by atoms with Crippen LogP contribution in [0.25, 0.3) is 0 Å². The Balaban J connectivity index is 2.92. The molecule has 1 rings (SSSR count). The van der Waals surface area contributed by atoms with Gasteiger partial charge in [-0.15, -0.1) is 6.42 Å². The van der Waals surface area contributed by atoms with Crippen LogP contribution in [0.5, 0.6) is 5.88 Å². The first kappa shape index (κ1) is 9.00. The molecule has 1 heterocycles. The van der Waals surface area contributed by atoms with E-state index in [0.29, 0.717) is 0 Å². The fourth-order valence-electron chi connectivity index (χ4n) is 0.710. The maximum absolute atomic E-state index is 10.8. The molecule has 0 bridgehead atoms. The summed E-state index contributed by atoms with van der Waals surface area (Å²) in [4.78, 5) is 18.2. The van der Waals surface area contributed by atoms with Gasteiger partial charge in [-0.25, -0.2) is 9.97 Å². The summed E-state index contributed by atoms with van der Waals surface area (Å²) < 4.78 is 4.94. The quantitative estimate of drug-likeness (QED) is 0.636. The van der Waals surface area contributed by atoms with Gasteiger partial charge in [0, 0.05) is 12.4 Å². The van der Waals surface area contributed by atoms with Gasteiger partial charge in [0.1, 0.15) is 0 Å². The number of primary amides is 1. The summed E-state index contributed by atoms with van der Waals surface area (Å²) in [6.07, 6.45) is 7.70. The maximum Gasteiger partial charge on any atom is 0.272 e. The molecule has 1 aromatic heterocycles. The molecule has 66 valence electrons. The molecule has 0 aliphatic carbocycles. The Kier molecular flexibility index (Phi) is 2.82. The summed E-state index contributed by atoms with van der Waals surface area (Å²) in [6, 6.07) is 0. The number of hydrogen-bond donors (Lipinski definition) is 1. The number of amides is 1. The summed E-state index contributed by atoms with van der Waals surface area (Å²) >= 11 is 0. The topological polar surface area (TPSA) is 78.1 Å². The van der Waals surface area contributed by atoms with Crippen molar-refractivity contribution in [2.75, 3.05) is 6.61 Å². The third-order valence-corrected chi connectivity index (χ3v) is 1.19. The number of nitrogens with two attached hydrogens (primary N) is 1. The zero-order valence-electron chi connectivity index (χ0n) is 6.73. The molecule has 0 radical (unpaired) electrons. The van der Waals surface area contributed by atoms with Crippen molar-refractivity contribution in [1.29, 1.82) is 0 Å². The first-order valence-electron chi connectivity index (χ1n) is 3.42. The van der Waals surface area contributed by atoms with Crippen LogP contribution in [0.1, 0.15) is 10.5 Å². The van der Waals surface area contributed by atoms with Gasteiger partial charge in [0.25, 0.3) is 5.91 Å². The van der Waals surface area contributed by atoms with Gasteiger partial charge in [-0.2, -0.15) is 0 Å². The molecular formula is C8H7N3O2. The van der Waals surface area contributed by atoms with E-state index in [1.54, 1.807) is 0 Å². The average molecular weight is 177 g/mol. The Morgan fingerprint density at radius 3 is 2.92 bits per heavy atom. The minimum atomic E-state index is -0.694. The van der Waals surface area contributed by atoms with Gasteiger partial charge in [-0.1, -0.05) is 5.92 Å². The molecule has 2 N–H and O–H groups in total. The first-order chi connectivity index (χ1) is 6.25. The molecule has 5 heteroatoms. The highest BCUT2D eigenvalue weighted by Gasteiger charge is 2.10. The standard InChI is InChI=1S/C8H7N3O2/c1-2-5-13-8-6(7(9)12)10-3-4-11-8/h1,3-4H,5H2,(H2,9,12). The van der Waals surface area contributed by atoms with Crippen molar-refractivity contribution in [2.45, 2.75) is 0 Å². The van der Waals surface area contributed by atoms with Gasteiger partial charge in [-0.3, -0.25) is 4.79 Å². The lowest BCUT2D eigenvalue weighted by molar-refractivity contribution is 0.0991. The van der Waals surface area contributed by atoms with E-state index in [2.05, 4.69) is 15.9 Å². The molecular weight excluding hydrogens is 170 g/mol. The fourth-order valence-corrected chi connectivity index (χ4v) is 0.710. The number of aromatic nitrogens is 2. The highest BCUT2D eigenvalue weighted by molar-refractivity contribution is 5.92. The normalized spacial score (nSPS) is 8.85. The lowest BCUT2D eigenvalue weighted by atomic mass is 10.4. The molecule has 0 saturated heterocycles. The van der Waals surface area contributed by atoms with Crippen molar-refractivity contribution < 1.29 is 9.53 Å². The molecule has 0 aromatic carbocycles. The van der Waals surface area contributed by atoms with Gasteiger partial charge >= 0.3 is 0 Å². The number of carbonyl (C=O) groups is 1. The molecule has 0 aliphatic heterocycles. The van der Waals surface area contributed by atoms with Crippen molar-refractivity contribution in [3.8, 4) is 18.2 Å². The number of hydrogen-bond acceptors (Lipinski definition) is 4. The second-order valence-electron chi connectivity index (χ2n) is 2.07. The third-order valence-electron chi connectivity index (χ3n) is 1.19. The van der Waals surface area contributed by atoms with Crippen LogP contribution >= 0.6 is 0 Å². The average Bonchev–Trinajstić information content (AvgIpc) is 2.15. The molecule has 0 atom stereocenters. The molecule has 13 heavy (non-hydrogen) atoms. The summed E-state index contributed by atoms with van der Waals surface area (Å²) in [5.41, 5.74) is 5.00. The van der Waals surface area contributed by atoms with Crippen LogP contribution in [-0.4, -0.2) is 22.5 Å². The summed E-state index contributed by atoms with van der Waals surface area (Å²) in [5.74, 6) is 1.61. The van der Waals surface area contributed by atoms with Crippen LogP contribution in [0.3, 0.4) is 0 Å². The molecule has 0 unspecified atom stereocenters. The number of carbonyl (C=O) groups excluding carboxylic acids is 1. The number of terminal acetylenes is 1. The van der Waals surface area contributed by atoms with E-state index < -0.39 is 5.91 Å². The SMILES string of the molecule is C#CCOc1nccnc1C(N)=O. The van der Waals surface area contributed by atoms with Gasteiger partial charge < -0.3 is 10.5 Å². The molecule has 0 fully saturated rings. The lowest BCUT2D eigenvalue weighted by Gasteiger charge is -2.02. The zero-order valence-corrected chi connectivity index (χ0v) is 6.73. The highest BCUT2D eigenvalue weighted by Crippen LogP contribution is 2.09. The smallest absolute Gasteiger partial charge is 0.272 e. The van der Waals surface area contributed by atoms with Gasteiger partial charge in [0.05, 0.1) is 0 Å². The molecule has 1 amide bonds. The van der Waals surface area contributed by atoms with E-state index >= 15 is 0 Å². The Morgan fingerprint density at radius 2 is 2.31 bits per heavy atom. The van der Waals surface area contributed by atoms with E-state index in [0.717, 1.165) is 0 Å². The Hall–Kier alpha value is -2.09. The van der Waals surface area contributed by atoms with Crippen molar-refractivity contribution in [3.63, 3.8) is 0 Å². The Bertz CT molecular complexity index is 357. The lowest BCUT2D eigenvalue weighted by Crippen LogP contribution is -2.15. The molecule has 0 saturated carbocycles. The van der Waals surface area contributed by atoms with E-state index in [4.69, 9.17) is 16.9 Å². The van der Waals surface area contributed by atoms with Crippen LogP contribution in [-0.2, 0) is 0 Å². The van der Waals surface area contributed by atoms with Crippen molar-refractivity contribution >= 4 is 5.91 Å². The number of rotatable bonds is 3. The summed E-state index contributed by atoms with van der Waals surface area (Å²) in [6.45, 7) is 0.0268. The first-order valence-corrected chi connectivity index (χ1v) is 3.42. The van der Waals surface area contributed by atoms with E-state index in [9.17, 15) is 4.79 Å². The fraction of sp³-hybridized carbons (Fsp3) is 0.125. The summed E-state index contributed by atoms with van der Waals surface area (Å²) in [5, 5.41) is 0. The highest BCUT2D eigenvalue weighted by atomic mass is 16.5. The van der Waals surface area contributed by atoms with Crippen LogP contribution in [0, 0.1) is 12.3 Å². The van der Waals surface area contributed by atoms with Gasteiger partial charge in [0.15, 0.2) is 12.3 Å². The Labute approximate surface area is 74.9 Å². The van der Waals surface area contributed by atoms with Gasteiger partial charge in [-0.05, 0) is 0 Å². The van der Waals surface area contributed by atoms with Crippen LogP contribution in [0.2, 0.25) is 0 Å². The second-order valence-corrected chi connectivity index (χ2v) is 2.07. The zero-order chi connectivity index (χ0) is 9.68. The molecule has 5 nitrogen and oxygen atoms in total. The summed E-state index contributed by atoms with van der Waals surface area (Å²) in [7, 11) is 0. The maximum atomic E-state index is 10.8. The molecule has 0 spiro atoms. The molecule has 0 aliphatic rings.